The van der Waals surface area contributed by atoms with Crippen molar-refractivity contribution >= 4 is 35.6 Å². The molecule has 0 radical (unpaired) electrons. The number of amides is 4. The number of rotatable bonds is 15. The maximum Gasteiger partial charge on any atom is 0.326 e. The van der Waals surface area contributed by atoms with Gasteiger partial charge >= 0.3 is 11.9 Å². The van der Waals surface area contributed by atoms with Crippen LogP contribution in [0.3, 0.4) is 0 Å². The lowest BCUT2D eigenvalue weighted by molar-refractivity contribution is -0.144. The Morgan fingerprint density at radius 3 is 1.70 bits per heavy atom. The van der Waals surface area contributed by atoms with Gasteiger partial charge in [0.05, 0.1) is 12.5 Å². The first-order valence-electron chi connectivity index (χ1n) is 10.5. The fourth-order valence-corrected chi connectivity index (χ4v) is 2.76. The van der Waals surface area contributed by atoms with E-state index < -0.39 is 72.6 Å². The van der Waals surface area contributed by atoms with Gasteiger partial charge < -0.3 is 37.6 Å². The molecule has 0 saturated heterocycles. The van der Waals surface area contributed by atoms with Crippen LogP contribution in [0.4, 0.5) is 0 Å². The van der Waals surface area contributed by atoms with Crippen LogP contribution in [0.1, 0.15) is 53.4 Å². The summed E-state index contributed by atoms with van der Waals surface area (Å²) in [6, 6.07) is -5.03. The quantitative estimate of drug-likeness (QED) is 0.143. The van der Waals surface area contributed by atoms with Gasteiger partial charge in [-0.25, -0.2) is 4.79 Å². The van der Waals surface area contributed by atoms with Gasteiger partial charge in [-0.3, -0.25) is 24.0 Å². The first-order chi connectivity index (χ1) is 15.1. The third-order valence-corrected chi connectivity index (χ3v) is 4.66. The minimum atomic E-state index is -1.59. The van der Waals surface area contributed by atoms with Gasteiger partial charge in [-0.15, -0.1) is 0 Å². The Kier molecular flexibility index (Phi) is 12.7. The molecule has 0 aromatic heterocycles. The van der Waals surface area contributed by atoms with Gasteiger partial charge in [0.25, 0.3) is 0 Å². The average molecular weight is 474 g/mol. The zero-order valence-corrected chi connectivity index (χ0v) is 19.3. The van der Waals surface area contributed by atoms with Gasteiger partial charge in [0.2, 0.25) is 23.6 Å². The molecule has 0 saturated carbocycles. The number of primary amides is 1. The summed E-state index contributed by atoms with van der Waals surface area (Å²) >= 11 is 0. The van der Waals surface area contributed by atoms with Gasteiger partial charge in [0.15, 0.2) is 0 Å². The molecular weight excluding hydrogens is 438 g/mol. The summed E-state index contributed by atoms with van der Waals surface area (Å²) in [4.78, 5) is 71.2. The van der Waals surface area contributed by atoms with Gasteiger partial charge in [-0.05, 0) is 24.7 Å². The topological polar surface area (TPSA) is 231 Å². The molecule has 0 aliphatic heterocycles. The molecule has 0 rings (SSSR count). The molecule has 188 valence electrons. The molecule has 0 heterocycles. The smallest absolute Gasteiger partial charge is 0.326 e. The Bertz CT molecular complexity index is 740. The summed E-state index contributed by atoms with van der Waals surface area (Å²) in [6.45, 7) is 6.92. The van der Waals surface area contributed by atoms with E-state index in [9.17, 15) is 33.9 Å². The van der Waals surface area contributed by atoms with E-state index in [1.807, 2.05) is 0 Å². The first kappa shape index (κ1) is 29.8. The lowest BCUT2D eigenvalue weighted by atomic mass is 10.0. The van der Waals surface area contributed by atoms with Crippen molar-refractivity contribution in [3.05, 3.63) is 0 Å². The van der Waals surface area contributed by atoms with E-state index in [1.54, 1.807) is 27.7 Å². The Labute approximate surface area is 192 Å². The number of carboxylic acid groups (broad SMARTS) is 2. The molecule has 4 amide bonds. The Balaban J connectivity index is 5.59. The number of hydrogen-bond acceptors (Lipinski definition) is 7. The van der Waals surface area contributed by atoms with Crippen LogP contribution in [-0.2, 0) is 28.8 Å². The van der Waals surface area contributed by atoms with Gasteiger partial charge in [-0.2, -0.15) is 0 Å². The van der Waals surface area contributed by atoms with Crippen LogP contribution < -0.4 is 27.4 Å². The van der Waals surface area contributed by atoms with Crippen molar-refractivity contribution in [3.8, 4) is 0 Å². The van der Waals surface area contributed by atoms with E-state index in [2.05, 4.69) is 16.0 Å². The van der Waals surface area contributed by atoms with Gasteiger partial charge in [0, 0.05) is 6.42 Å². The normalized spacial score (nSPS) is 14.6. The van der Waals surface area contributed by atoms with E-state index in [0.717, 1.165) is 0 Å². The Hall–Kier alpha value is -3.22. The molecule has 0 spiro atoms. The minimum absolute atomic E-state index is 0.103. The highest BCUT2D eigenvalue weighted by molar-refractivity contribution is 5.95. The van der Waals surface area contributed by atoms with E-state index in [4.69, 9.17) is 16.6 Å². The molecule has 13 heteroatoms. The van der Waals surface area contributed by atoms with Crippen molar-refractivity contribution in [1.82, 2.24) is 16.0 Å². The Morgan fingerprint density at radius 1 is 0.788 bits per heavy atom. The van der Waals surface area contributed by atoms with Crippen molar-refractivity contribution in [3.63, 3.8) is 0 Å². The molecule has 0 aliphatic carbocycles. The van der Waals surface area contributed by atoms with Crippen molar-refractivity contribution in [1.29, 1.82) is 0 Å². The van der Waals surface area contributed by atoms with Gasteiger partial charge in [-0.1, -0.05) is 27.7 Å². The van der Waals surface area contributed by atoms with E-state index in [0.29, 0.717) is 0 Å². The molecule has 13 nitrogen and oxygen atoms in total. The fraction of sp³-hybridized carbons (Fsp3) is 0.700. The number of nitrogens with two attached hydrogens (primary N) is 2. The summed E-state index contributed by atoms with van der Waals surface area (Å²) in [5, 5.41) is 25.2. The molecule has 0 fully saturated rings. The van der Waals surface area contributed by atoms with Crippen LogP contribution in [0.15, 0.2) is 0 Å². The average Bonchev–Trinajstić information content (AvgIpc) is 2.67. The van der Waals surface area contributed by atoms with Crippen molar-refractivity contribution < 1.29 is 39.0 Å². The lowest BCUT2D eigenvalue weighted by Crippen LogP contribution is -2.58. The second-order valence-corrected chi connectivity index (χ2v) is 8.52. The van der Waals surface area contributed by atoms with Crippen LogP contribution >= 0.6 is 0 Å². The molecular formula is C20H35N5O8. The largest absolute Gasteiger partial charge is 0.481 e. The lowest BCUT2D eigenvalue weighted by Gasteiger charge is -2.26. The molecule has 0 aliphatic rings. The molecule has 0 aromatic carbocycles. The molecule has 0 bridgehead atoms. The summed E-state index contributed by atoms with van der Waals surface area (Å²) in [7, 11) is 0. The van der Waals surface area contributed by atoms with E-state index in [-0.39, 0.29) is 24.7 Å². The predicted octanol–water partition coefficient (Wildman–Crippen LogP) is -1.70. The number of carboxylic acids is 2. The van der Waals surface area contributed by atoms with E-state index >= 15 is 0 Å². The molecule has 9 N–H and O–H groups in total. The summed E-state index contributed by atoms with van der Waals surface area (Å²) < 4.78 is 0. The van der Waals surface area contributed by atoms with Crippen molar-refractivity contribution in [2.45, 2.75) is 77.5 Å². The van der Waals surface area contributed by atoms with Crippen molar-refractivity contribution in [2.24, 2.45) is 23.3 Å². The second kappa shape index (κ2) is 14.0. The second-order valence-electron chi connectivity index (χ2n) is 8.52. The minimum Gasteiger partial charge on any atom is -0.481 e. The molecule has 4 unspecified atom stereocenters. The van der Waals surface area contributed by atoms with Crippen LogP contribution in [0.5, 0.6) is 0 Å². The zero-order valence-electron chi connectivity index (χ0n) is 19.3. The predicted molar refractivity (Wildman–Crippen MR) is 116 cm³/mol. The van der Waals surface area contributed by atoms with E-state index in [1.165, 1.54) is 0 Å². The third kappa shape index (κ3) is 11.8. The van der Waals surface area contributed by atoms with Gasteiger partial charge in [0.1, 0.15) is 18.1 Å². The molecule has 33 heavy (non-hydrogen) atoms. The third-order valence-electron chi connectivity index (χ3n) is 4.66. The monoisotopic (exact) mass is 473 g/mol. The first-order valence-corrected chi connectivity index (χ1v) is 10.5. The highest BCUT2D eigenvalue weighted by Gasteiger charge is 2.31. The summed E-state index contributed by atoms with van der Waals surface area (Å²) in [5.41, 5.74) is 10.8. The maximum atomic E-state index is 12.8. The van der Waals surface area contributed by atoms with Crippen LogP contribution in [0.2, 0.25) is 0 Å². The van der Waals surface area contributed by atoms with Crippen molar-refractivity contribution in [2.75, 3.05) is 0 Å². The number of hydrogen-bond donors (Lipinski definition) is 7. The zero-order chi connectivity index (χ0) is 25.9. The molecule has 4 atom stereocenters. The number of carbonyl (C=O) groups excluding carboxylic acids is 4. The standard InChI is InChI=1S/C20H35N5O8/c1-9(2)7-12(18(30)25-13(20(32)33)8-14(21)26)24-17(29)11(5-6-15(27)28)23-19(31)16(22)10(3)4/h9-13,16H,5-8,22H2,1-4H3,(H2,21,26)(H,23,31)(H,24,29)(H,25,30)(H,27,28)(H,32,33). The highest BCUT2D eigenvalue weighted by atomic mass is 16.4. The molecule has 0 aromatic rings. The van der Waals surface area contributed by atoms with Crippen LogP contribution in [0, 0.1) is 11.8 Å². The van der Waals surface area contributed by atoms with Crippen LogP contribution in [-0.4, -0.2) is 69.9 Å². The summed E-state index contributed by atoms with van der Waals surface area (Å²) in [6.07, 6.45) is -1.23. The SMILES string of the molecule is CC(C)CC(NC(=O)C(CCC(=O)O)NC(=O)C(N)C(C)C)C(=O)NC(CC(N)=O)C(=O)O. The highest BCUT2D eigenvalue weighted by Crippen LogP contribution is 2.09. The van der Waals surface area contributed by atoms with Crippen LogP contribution in [0.25, 0.3) is 0 Å². The summed E-state index contributed by atoms with van der Waals surface area (Å²) in [5.74, 6) is -6.32. The maximum absolute atomic E-state index is 12.8. The number of nitrogens with one attached hydrogen (secondary N) is 3. The number of aliphatic carboxylic acids is 2. The Morgan fingerprint density at radius 2 is 1.27 bits per heavy atom. The fourth-order valence-electron chi connectivity index (χ4n) is 2.76. The number of carbonyl (C=O) groups is 6.